The molecule has 0 aromatic heterocycles. The molecule has 0 amide bonds. The number of rotatable bonds is 5. The largest absolute Gasteiger partial charge is 0.378 e. The molecule has 2 aromatic rings. The number of nitrogens with one attached hydrogen (secondary N) is 2. The van der Waals surface area contributed by atoms with Gasteiger partial charge in [0.05, 0.1) is 0 Å². The molecule has 0 fully saturated rings. The Bertz CT molecular complexity index is 763. The Kier molecular flexibility index (Phi) is 8.77. The molecule has 0 aliphatic carbocycles. The summed E-state index contributed by atoms with van der Waals surface area (Å²) in [6.07, 6.45) is 0. The third-order valence-corrected chi connectivity index (χ3v) is 3.97. The minimum Gasteiger partial charge on any atom is -0.378 e. The maximum atomic E-state index is 13.7. The number of halogens is 3. The van der Waals surface area contributed by atoms with E-state index in [1.165, 1.54) is 11.6 Å². The number of anilines is 1. The number of nitrogens with zero attached hydrogens (tertiary/aromatic N) is 2. The third kappa shape index (κ3) is 6.12. The Hall–Kier alpha value is -1.90. The number of aliphatic imine (C=N–C) groups is 1. The number of hydrogen-bond acceptors (Lipinski definition) is 2. The van der Waals surface area contributed by atoms with Gasteiger partial charge in [-0.3, -0.25) is 4.99 Å². The average Bonchev–Trinajstić information content (AvgIpc) is 2.58. The highest BCUT2D eigenvalue weighted by Crippen LogP contribution is 2.17. The second kappa shape index (κ2) is 10.3. The fourth-order valence-electron chi connectivity index (χ4n) is 2.41. The Morgan fingerprint density at radius 2 is 1.65 bits per heavy atom. The van der Waals surface area contributed by atoms with E-state index in [4.69, 9.17) is 0 Å². The average molecular weight is 474 g/mol. The first kappa shape index (κ1) is 22.1. The monoisotopic (exact) mass is 474 g/mol. The molecule has 0 heterocycles. The zero-order valence-electron chi connectivity index (χ0n) is 15.4. The van der Waals surface area contributed by atoms with Gasteiger partial charge in [-0.05, 0) is 48.4 Å². The zero-order valence-corrected chi connectivity index (χ0v) is 17.8. The van der Waals surface area contributed by atoms with Gasteiger partial charge in [0.25, 0.3) is 0 Å². The molecule has 2 aromatic carbocycles. The first-order valence-electron chi connectivity index (χ1n) is 8.06. The van der Waals surface area contributed by atoms with Crippen LogP contribution in [-0.2, 0) is 13.1 Å². The quantitative estimate of drug-likeness (QED) is 0.393. The first-order chi connectivity index (χ1) is 11.9. The van der Waals surface area contributed by atoms with Crippen molar-refractivity contribution in [3.8, 4) is 0 Å². The van der Waals surface area contributed by atoms with Gasteiger partial charge < -0.3 is 15.5 Å². The lowest BCUT2D eigenvalue weighted by atomic mass is 10.1. The maximum Gasteiger partial charge on any atom is 0.191 e. The van der Waals surface area contributed by atoms with Gasteiger partial charge in [0, 0.05) is 45.5 Å². The van der Waals surface area contributed by atoms with E-state index in [1.807, 2.05) is 14.1 Å². The normalized spacial score (nSPS) is 10.9. The number of benzene rings is 2. The highest BCUT2D eigenvalue weighted by Gasteiger charge is 2.06. The van der Waals surface area contributed by atoms with Crippen LogP contribution in [0.25, 0.3) is 0 Å². The van der Waals surface area contributed by atoms with Crippen molar-refractivity contribution in [3.63, 3.8) is 0 Å². The van der Waals surface area contributed by atoms with Gasteiger partial charge in [-0.15, -0.1) is 24.0 Å². The van der Waals surface area contributed by atoms with E-state index in [2.05, 4.69) is 45.6 Å². The lowest BCUT2D eigenvalue weighted by Crippen LogP contribution is -2.36. The Morgan fingerprint density at radius 1 is 1.00 bits per heavy atom. The van der Waals surface area contributed by atoms with E-state index >= 15 is 0 Å². The SMILES string of the molecule is CN=C(NCc1ccc(N(C)C)cc1C)NCc1cc(F)ccc1F.I. The van der Waals surface area contributed by atoms with Crippen molar-refractivity contribution in [2.45, 2.75) is 20.0 Å². The van der Waals surface area contributed by atoms with Gasteiger partial charge in [-0.25, -0.2) is 8.78 Å². The Balaban J connectivity index is 0.00000338. The summed E-state index contributed by atoms with van der Waals surface area (Å²) in [5, 5.41) is 6.19. The maximum absolute atomic E-state index is 13.7. The molecular formula is C19H25F2IN4. The molecule has 0 aliphatic heterocycles. The molecule has 2 rings (SSSR count). The summed E-state index contributed by atoms with van der Waals surface area (Å²) in [5.74, 6) is -0.378. The van der Waals surface area contributed by atoms with Gasteiger partial charge in [-0.2, -0.15) is 0 Å². The van der Waals surface area contributed by atoms with Crippen molar-refractivity contribution in [2.24, 2.45) is 4.99 Å². The standard InChI is InChI=1S/C19H24F2N4.HI/c1-13-9-17(25(3)4)7-5-14(13)11-23-19(22-2)24-12-15-10-16(20)6-8-18(15)21;/h5-10H,11-12H2,1-4H3,(H2,22,23,24);1H. The number of aryl methyl sites for hydroxylation is 1. The molecule has 142 valence electrons. The summed E-state index contributed by atoms with van der Waals surface area (Å²) in [7, 11) is 5.65. The highest BCUT2D eigenvalue weighted by molar-refractivity contribution is 14.0. The summed E-state index contributed by atoms with van der Waals surface area (Å²) in [5.41, 5.74) is 3.72. The fourth-order valence-corrected chi connectivity index (χ4v) is 2.41. The van der Waals surface area contributed by atoms with E-state index in [1.54, 1.807) is 7.05 Å². The van der Waals surface area contributed by atoms with Crippen LogP contribution in [0.15, 0.2) is 41.4 Å². The molecule has 7 heteroatoms. The van der Waals surface area contributed by atoms with Crippen LogP contribution < -0.4 is 15.5 Å². The van der Waals surface area contributed by atoms with E-state index in [0.717, 1.165) is 23.4 Å². The van der Waals surface area contributed by atoms with Crippen molar-refractivity contribution >= 4 is 35.6 Å². The molecule has 0 bridgehead atoms. The van der Waals surface area contributed by atoms with Crippen molar-refractivity contribution in [1.29, 1.82) is 0 Å². The summed E-state index contributed by atoms with van der Waals surface area (Å²) >= 11 is 0. The molecule has 26 heavy (non-hydrogen) atoms. The lowest BCUT2D eigenvalue weighted by Gasteiger charge is -2.16. The molecule has 2 N–H and O–H groups in total. The third-order valence-electron chi connectivity index (χ3n) is 3.97. The first-order valence-corrected chi connectivity index (χ1v) is 8.06. The summed E-state index contributed by atoms with van der Waals surface area (Å²) in [6, 6.07) is 9.65. The van der Waals surface area contributed by atoms with Crippen LogP contribution in [0.1, 0.15) is 16.7 Å². The van der Waals surface area contributed by atoms with E-state index in [9.17, 15) is 8.78 Å². The molecular weight excluding hydrogens is 449 g/mol. The van der Waals surface area contributed by atoms with Crippen LogP contribution >= 0.6 is 24.0 Å². The molecule has 0 aliphatic rings. The van der Waals surface area contributed by atoms with Crippen LogP contribution in [0.5, 0.6) is 0 Å². The number of hydrogen-bond donors (Lipinski definition) is 2. The van der Waals surface area contributed by atoms with E-state index < -0.39 is 11.6 Å². The second-order valence-corrected chi connectivity index (χ2v) is 6.02. The predicted octanol–water partition coefficient (Wildman–Crippen LogP) is 3.82. The molecule has 0 spiro atoms. The summed E-state index contributed by atoms with van der Waals surface area (Å²) in [6.45, 7) is 2.80. The topological polar surface area (TPSA) is 39.7 Å². The smallest absolute Gasteiger partial charge is 0.191 e. The highest BCUT2D eigenvalue weighted by atomic mass is 127. The predicted molar refractivity (Wildman–Crippen MR) is 114 cm³/mol. The minimum atomic E-state index is -0.460. The number of guanidine groups is 1. The van der Waals surface area contributed by atoms with Crippen LogP contribution in [-0.4, -0.2) is 27.1 Å². The van der Waals surface area contributed by atoms with Crippen molar-refractivity contribution in [2.75, 3.05) is 26.0 Å². The summed E-state index contributed by atoms with van der Waals surface area (Å²) < 4.78 is 26.9. The molecule has 4 nitrogen and oxygen atoms in total. The zero-order chi connectivity index (χ0) is 18.4. The Labute approximate surface area is 170 Å². The van der Waals surface area contributed by atoms with Crippen molar-refractivity contribution in [1.82, 2.24) is 10.6 Å². The van der Waals surface area contributed by atoms with Crippen LogP contribution in [0, 0.1) is 18.6 Å². The molecule has 0 atom stereocenters. The van der Waals surface area contributed by atoms with Gasteiger partial charge in [0.2, 0.25) is 0 Å². The fraction of sp³-hybridized carbons (Fsp3) is 0.316. The van der Waals surface area contributed by atoms with E-state index in [-0.39, 0.29) is 36.1 Å². The van der Waals surface area contributed by atoms with Crippen LogP contribution in [0.4, 0.5) is 14.5 Å². The second-order valence-electron chi connectivity index (χ2n) is 6.02. The van der Waals surface area contributed by atoms with Gasteiger partial charge in [0.15, 0.2) is 5.96 Å². The van der Waals surface area contributed by atoms with Gasteiger partial charge in [-0.1, -0.05) is 6.07 Å². The van der Waals surface area contributed by atoms with Crippen molar-refractivity contribution in [3.05, 3.63) is 64.7 Å². The van der Waals surface area contributed by atoms with Gasteiger partial charge in [0.1, 0.15) is 11.6 Å². The molecule has 0 radical (unpaired) electrons. The minimum absolute atomic E-state index is 0. The Morgan fingerprint density at radius 3 is 2.23 bits per heavy atom. The van der Waals surface area contributed by atoms with Crippen LogP contribution in [0.2, 0.25) is 0 Å². The summed E-state index contributed by atoms with van der Waals surface area (Å²) in [4.78, 5) is 6.17. The molecule has 0 saturated carbocycles. The van der Waals surface area contributed by atoms with Crippen LogP contribution in [0.3, 0.4) is 0 Å². The lowest BCUT2D eigenvalue weighted by molar-refractivity contribution is 0.581. The van der Waals surface area contributed by atoms with Crippen molar-refractivity contribution < 1.29 is 8.78 Å². The molecule has 0 saturated heterocycles. The van der Waals surface area contributed by atoms with Gasteiger partial charge >= 0.3 is 0 Å². The molecule has 0 unspecified atom stereocenters. The van der Waals surface area contributed by atoms with E-state index in [0.29, 0.717) is 12.5 Å².